The zero-order valence-corrected chi connectivity index (χ0v) is 17.4. The van der Waals surface area contributed by atoms with Crippen LogP contribution >= 0.6 is 24.0 Å². The van der Waals surface area contributed by atoms with E-state index in [2.05, 4.69) is 15.2 Å². The molecule has 0 aliphatic carbocycles. The molecular formula is C18H29FIN3O2. The minimum atomic E-state index is -0.249. The summed E-state index contributed by atoms with van der Waals surface area (Å²) in [6.45, 7) is 6.14. The number of hydrogen-bond acceptors (Lipinski definition) is 3. The van der Waals surface area contributed by atoms with Gasteiger partial charge in [-0.1, -0.05) is 0 Å². The lowest BCUT2D eigenvalue weighted by Crippen LogP contribution is -2.47. The van der Waals surface area contributed by atoms with Crippen molar-refractivity contribution in [2.75, 3.05) is 39.9 Å². The molecule has 1 saturated heterocycles. The lowest BCUT2D eigenvalue weighted by Gasteiger charge is -2.34. The highest BCUT2D eigenvalue weighted by Gasteiger charge is 2.21. The molecule has 7 heteroatoms. The Labute approximate surface area is 167 Å². The molecule has 1 heterocycles. The highest BCUT2D eigenvalue weighted by Crippen LogP contribution is 2.14. The number of rotatable bonds is 7. The van der Waals surface area contributed by atoms with Crippen molar-refractivity contribution < 1.29 is 13.9 Å². The van der Waals surface area contributed by atoms with Crippen molar-refractivity contribution in [1.29, 1.82) is 0 Å². The average Bonchev–Trinajstić information content (AvgIpc) is 2.61. The third kappa shape index (κ3) is 7.77. The number of ether oxygens (including phenoxy) is 2. The van der Waals surface area contributed by atoms with Crippen LogP contribution in [0.2, 0.25) is 0 Å². The first-order valence-corrected chi connectivity index (χ1v) is 8.68. The third-order valence-electron chi connectivity index (χ3n) is 4.04. The molecule has 2 rings (SSSR count). The topological polar surface area (TPSA) is 46.1 Å². The second-order valence-corrected chi connectivity index (χ2v) is 5.77. The summed E-state index contributed by atoms with van der Waals surface area (Å²) in [5, 5.41) is 3.38. The van der Waals surface area contributed by atoms with E-state index >= 15 is 0 Å². The Hall–Kier alpha value is -1.09. The van der Waals surface area contributed by atoms with Gasteiger partial charge in [-0.05, 0) is 50.5 Å². The van der Waals surface area contributed by atoms with E-state index in [-0.39, 0.29) is 29.8 Å². The van der Waals surface area contributed by atoms with Gasteiger partial charge in [0, 0.05) is 33.3 Å². The molecule has 0 spiro atoms. The van der Waals surface area contributed by atoms with Gasteiger partial charge in [-0.15, -0.1) is 24.0 Å². The van der Waals surface area contributed by atoms with Gasteiger partial charge >= 0.3 is 0 Å². The minimum Gasteiger partial charge on any atom is -0.494 e. The SMILES string of the molecule is CCOC1CCN(C(=NC)NCCCOc2ccc(F)cc2)CC1.I. The van der Waals surface area contributed by atoms with Crippen molar-refractivity contribution in [2.45, 2.75) is 32.3 Å². The maximum atomic E-state index is 12.8. The molecule has 25 heavy (non-hydrogen) atoms. The van der Waals surface area contributed by atoms with Gasteiger partial charge in [-0.3, -0.25) is 4.99 Å². The fourth-order valence-corrected chi connectivity index (χ4v) is 2.80. The van der Waals surface area contributed by atoms with Crippen LogP contribution in [0.5, 0.6) is 5.75 Å². The van der Waals surface area contributed by atoms with Crippen molar-refractivity contribution in [2.24, 2.45) is 4.99 Å². The Morgan fingerprint density at radius 1 is 1.28 bits per heavy atom. The quantitative estimate of drug-likeness (QED) is 0.291. The first kappa shape index (κ1) is 22.0. The monoisotopic (exact) mass is 465 g/mol. The average molecular weight is 465 g/mol. The van der Waals surface area contributed by atoms with Crippen LogP contribution < -0.4 is 10.1 Å². The summed E-state index contributed by atoms with van der Waals surface area (Å²) in [4.78, 5) is 6.63. The van der Waals surface area contributed by atoms with Crippen LogP contribution in [-0.4, -0.2) is 56.9 Å². The Morgan fingerprint density at radius 3 is 2.56 bits per heavy atom. The molecule has 1 fully saturated rings. The summed E-state index contributed by atoms with van der Waals surface area (Å²) in [5.74, 6) is 1.38. The molecule has 0 bridgehead atoms. The minimum absolute atomic E-state index is 0. The number of hydrogen-bond donors (Lipinski definition) is 1. The Bertz CT molecular complexity index is 506. The normalized spacial score (nSPS) is 15.6. The molecule has 1 N–H and O–H groups in total. The van der Waals surface area contributed by atoms with Gasteiger partial charge in [-0.25, -0.2) is 4.39 Å². The summed E-state index contributed by atoms with van der Waals surface area (Å²) in [5.41, 5.74) is 0. The molecule has 0 aromatic heterocycles. The molecule has 0 radical (unpaired) electrons. The lowest BCUT2D eigenvalue weighted by molar-refractivity contribution is 0.0264. The fourth-order valence-electron chi connectivity index (χ4n) is 2.80. The van der Waals surface area contributed by atoms with Gasteiger partial charge in [-0.2, -0.15) is 0 Å². The van der Waals surface area contributed by atoms with Crippen LogP contribution in [0.25, 0.3) is 0 Å². The van der Waals surface area contributed by atoms with Gasteiger partial charge in [0.05, 0.1) is 12.7 Å². The van der Waals surface area contributed by atoms with E-state index in [1.54, 1.807) is 12.1 Å². The smallest absolute Gasteiger partial charge is 0.193 e. The second kappa shape index (κ2) is 12.3. The maximum Gasteiger partial charge on any atom is 0.193 e. The van der Waals surface area contributed by atoms with Crippen molar-refractivity contribution in [3.05, 3.63) is 30.1 Å². The van der Waals surface area contributed by atoms with Crippen LogP contribution in [0.1, 0.15) is 26.2 Å². The molecule has 0 atom stereocenters. The van der Waals surface area contributed by atoms with Crippen molar-refractivity contribution in [3.63, 3.8) is 0 Å². The van der Waals surface area contributed by atoms with Crippen LogP contribution in [0.4, 0.5) is 4.39 Å². The third-order valence-corrected chi connectivity index (χ3v) is 4.04. The summed E-state index contributed by atoms with van der Waals surface area (Å²) in [6.07, 6.45) is 3.32. The first-order valence-electron chi connectivity index (χ1n) is 8.68. The summed E-state index contributed by atoms with van der Waals surface area (Å²) in [7, 11) is 1.81. The number of nitrogens with one attached hydrogen (secondary N) is 1. The number of benzene rings is 1. The molecule has 142 valence electrons. The Morgan fingerprint density at radius 2 is 1.96 bits per heavy atom. The number of likely N-dealkylation sites (tertiary alicyclic amines) is 1. The Balaban J connectivity index is 0.00000312. The molecule has 1 aromatic rings. The zero-order valence-electron chi connectivity index (χ0n) is 15.0. The maximum absolute atomic E-state index is 12.8. The number of piperidine rings is 1. The molecular weight excluding hydrogens is 436 g/mol. The van der Waals surface area contributed by atoms with Gasteiger partial charge < -0.3 is 19.7 Å². The Kier molecular flexibility index (Phi) is 10.8. The van der Waals surface area contributed by atoms with Gasteiger partial charge in [0.1, 0.15) is 11.6 Å². The second-order valence-electron chi connectivity index (χ2n) is 5.77. The van der Waals surface area contributed by atoms with Crippen molar-refractivity contribution >= 4 is 29.9 Å². The summed E-state index contributed by atoms with van der Waals surface area (Å²) >= 11 is 0. The van der Waals surface area contributed by atoms with Crippen LogP contribution in [0.15, 0.2) is 29.3 Å². The van der Waals surface area contributed by atoms with Crippen LogP contribution in [-0.2, 0) is 4.74 Å². The molecule has 0 saturated carbocycles. The van der Waals surface area contributed by atoms with E-state index < -0.39 is 0 Å². The largest absolute Gasteiger partial charge is 0.494 e. The fraction of sp³-hybridized carbons (Fsp3) is 0.611. The predicted molar refractivity (Wildman–Crippen MR) is 110 cm³/mol. The highest BCUT2D eigenvalue weighted by molar-refractivity contribution is 14.0. The predicted octanol–water partition coefficient (Wildman–Crippen LogP) is 3.29. The first-order chi connectivity index (χ1) is 11.7. The zero-order chi connectivity index (χ0) is 17.2. The van der Waals surface area contributed by atoms with E-state index in [0.717, 1.165) is 51.5 Å². The molecule has 0 unspecified atom stereocenters. The van der Waals surface area contributed by atoms with Crippen molar-refractivity contribution in [1.82, 2.24) is 10.2 Å². The van der Waals surface area contributed by atoms with E-state index in [4.69, 9.17) is 9.47 Å². The molecule has 1 aromatic carbocycles. The van der Waals surface area contributed by atoms with E-state index in [0.29, 0.717) is 18.5 Å². The van der Waals surface area contributed by atoms with E-state index in [1.165, 1.54) is 12.1 Å². The highest BCUT2D eigenvalue weighted by atomic mass is 127. The van der Waals surface area contributed by atoms with E-state index in [9.17, 15) is 4.39 Å². The van der Waals surface area contributed by atoms with Gasteiger partial charge in [0.15, 0.2) is 5.96 Å². The number of guanidine groups is 1. The van der Waals surface area contributed by atoms with E-state index in [1.807, 2.05) is 14.0 Å². The van der Waals surface area contributed by atoms with Gasteiger partial charge in [0.2, 0.25) is 0 Å². The standard InChI is InChI=1S/C18H28FN3O2.HI/c1-3-23-17-9-12-22(13-10-17)18(20-2)21-11-4-14-24-16-7-5-15(19)6-8-16;/h5-8,17H,3-4,9-14H2,1-2H3,(H,20,21);1H. The number of nitrogens with zero attached hydrogens (tertiary/aromatic N) is 2. The number of halogens is 2. The van der Waals surface area contributed by atoms with Crippen LogP contribution in [0.3, 0.4) is 0 Å². The number of aliphatic imine (C=N–C) groups is 1. The molecule has 1 aliphatic heterocycles. The van der Waals surface area contributed by atoms with Gasteiger partial charge in [0.25, 0.3) is 0 Å². The summed E-state index contributed by atoms with van der Waals surface area (Å²) in [6, 6.07) is 6.09. The molecule has 5 nitrogen and oxygen atoms in total. The molecule has 0 amide bonds. The van der Waals surface area contributed by atoms with Crippen LogP contribution in [0, 0.1) is 5.82 Å². The van der Waals surface area contributed by atoms with Crippen molar-refractivity contribution in [3.8, 4) is 5.75 Å². The molecule has 1 aliphatic rings. The summed E-state index contributed by atoms with van der Waals surface area (Å²) < 4.78 is 24.1. The lowest BCUT2D eigenvalue weighted by atomic mass is 10.1.